The van der Waals surface area contributed by atoms with Crippen molar-refractivity contribution in [3.05, 3.63) is 23.0 Å². The van der Waals surface area contributed by atoms with Crippen LogP contribution in [-0.4, -0.2) is 27.2 Å². The Balaban J connectivity index is 1.77. The van der Waals surface area contributed by atoms with Crippen LogP contribution in [0.15, 0.2) is 21.2 Å². The van der Waals surface area contributed by atoms with E-state index in [1.165, 1.54) is 42.4 Å². The van der Waals surface area contributed by atoms with Crippen molar-refractivity contribution in [2.45, 2.75) is 69.4 Å². The molecule has 1 saturated carbocycles. The maximum Gasteiger partial charge on any atom is 0.256 e. The molecule has 1 aliphatic rings. The van der Waals surface area contributed by atoms with Gasteiger partial charge in [0.25, 0.3) is 5.22 Å². The van der Waals surface area contributed by atoms with Crippen LogP contribution in [0.4, 0.5) is 5.13 Å². The van der Waals surface area contributed by atoms with Crippen molar-refractivity contribution in [3.63, 3.8) is 0 Å². The quantitative estimate of drug-likeness (QED) is 0.725. The van der Waals surface area contributed by atoms with Gasteiger partial charge in [0.15, 0.2) is 5.13 Å². The molecule has 1 atom stereocenters. The highest BCUT2D eigenvalue weighted by atomic mass is 32.2. The second kappa shape index (κ2) is 7.70. The highest BCUT2D eigenvalue weighted by molar-refractivity contribution is 8.00. The number of amides is 1. The van der Waals surface area contributed by atoms with Gasteiger partial charge in [-0.3, -0.25) is 9.69 Å². The van der Waals surface area contributed by atoms with Crippen molar-refractivity contribution in [2.75, 3.05) is 4.90 Å². The third kappa shape index (κ3) is 3.83. The summed E-state index contributed by atoms with van der Waals surface area (Å²) in [5.41, 5.74) is 0.876. The molecule has 0 saturated heterocycles. The number of rotatable bonds is 5. The van der Waals surface area contributed by atoms with Gasteiger partial charge in [0.05, 0.1) is 10.9 Å². The average molecular weight is 366 g/mol. The number of anilines is 1. The topological polar surface area (TPSA) is 59.2 Å². The fraction of sp³-hybridized carbons (Fsp3) is 0.588. The highest BCUT2D eigenvalue weighted by Crippen LogP contribution is 2.32. The van der Waals surface area contributed by atoms with Gasteiger partial charge in [-0.25, -0.2) is 9.97 Å². The molecular weight excluding hydrogens is 342 g/mol. The van der Waals surface area contributed by atoms with Gasteiger partial charge >= 0.3 is 0 Å². The smallest absolute Gasteiger partial charge is 0.256 e. The molecule has 0 aromatic carbocycles. The van der Waals surface area contributed by atoms with Crippen LogP contribution in [0.3, 0.4) is 0 Å². The van der Waals surface area contributed by atoms with Crippen molar-refractivity contribution in [2.24, 2.45) is 0 Å². The van der Waals surface area contributed by atoms with Gasteiger partial charge in [-0.05, 0) is 33.6 Å². The number of hydrogen-bond acceptors (Lipinski definition) is 6. The second-order valence-electron chi connectivity index (χ2n) is 6.20. The normalized spacial score (nSPS) is 17.0. The molecule has 1 aliphatic carbocycles. The molecule has 24 heavy (non-hydrogen) atoms. The lowest BCUT2D eigenvalue weighted by Gasteiger charge is -2.33. The van der Waals surface area contributed by atoms with Crippen LogP contribution in [0.2, 0.25) is 0 Å². The number of carbonyl (C=O) groups is 1. The first-order chi connectivity index (χ1) is 11.6. The van der Waals surface area contributed by atoms with Crippen LogP contribution in [0.25, 0.3) is 0 Å². The second-order valence-corrected chi connectivity index (χ2v) is 8.36. The van der Waals surface area contributed by atoms with Crippen molar-refractivity contribution < 1.29 is 9.21 Å². The van der Waals surface area contributed by atoms with Gasteiger partial charge < -0.3 is 4.42 Å². The van der Waals surface area contributed by atoms with Gasteiger partial charge in [0.2, 0.25) is 5.91 Å². The standard InChI is InChI=1S/C17H23N3O2S2/c1-11-12(2)22-17(19-11)24-13(3)15(21)20(16-18-9-10-23-16)14-7-5-4-6-8-14/h9-10,13-14H,4-8H2,1-3H3/t13-/m0/s1. The molecule has 2 heterocycles. The summed E-state index contributed by atoms with van der Waals surface area (Å²) in [7, 11) is 0. The van der Waals surface area contributed by atoms with E-state index < -0.39 is 0 Å². The summed E-state index contributed by atoms with van der Waals surface area (Å²) in [5.74, 6) is 0.900. The van der Waals surface area contributed by atoms with Crippen LogP contribution in [0, 0.1) is 13.8 Å². The number of nitrogens with zero attached hydrogens (tertiary/aromatic N) is 3. The Morgan fingerprint density at radius 3 is 2.71 bits per heavy atom. The first kappa shape index (κ1) is 17.5. The van der Waals surface area contributed by atoms with Crippen LogP contribution < -0.4 is 4.90 Å². The SMILES string of the molecule is Cc1nc(S[C@@H](C)C(=O)N(c2nccs2)C2CCCCC2)oc1C. The van der Waals surface area contributed by atoms with Crippen LogP contribution >= 0.6 is 23.1 Å². The predicted octanol–water partition coefficient (Wildman–Crippen LogP) is 4.59. The molecule has 0 N–H and O–H groups in total. The summed E-state index contributed by atoms with van der Waals surface area (Å²) in [6.07, 6.45) is 7.50. The molecule has 130 valence electrons. The highest BCUT2D eigenvalue weighted by Gasteiger charge is 2.32. The third-order valence-corrected chi connectivity index (χ3v) is 6.14. The predicted molar refractivity (Wildman–Crippen MR) is 97.8 cm³/mol. The molecule has 3 rings (SSSR count). The first-order valence-electron chi connectivity index (χ1n) is 8.39. The van der Waals surface area contributed by atoms with E-state index in [0.29, 0.717) is 5.22 Å². The summed E-state index contributed by atoms with van der Waals surface area (Å²) < 4.78 is 5.62. The Hall–Kier alpha value is -1.34. The number of thioether (sulfide) groups is 1. The van der Waals surface area contributed by atoms with Crippen molar-refractivity contribution in [1.29, 1.82) is 0 Å². The van der Waals surface area contributed by atoms with Crippen LogP contribution in [0.5, 0.6) is 0 Å². The molecular formula is C17H23N3O2S2. The van der Waals surface area contributed by atoms with E-state index in [2.05, 4.69) is 9.97 Å². The summed E-state index contributed by atoms with van der Waals surface area (Å²) in [6, 6.07) is 0.258. The molecule has 0 unspecified atom stereocenters. The van der Waals surface area contributed by atoms with Gasteiger partial charge in [-0.1, -0.05) is 31.0 Å². The summed E-state index contributed by atoms with van der Waals surface area (Å²) in [5, 5.41) is 3.04. The lowest BCUT2D eigenvalue weighted by atomic mass is 9.94. The van der Waals surface area contributed by atoms with Crippen molar-refractivity contribution in [3.8, 4) is 0 Å². The first-order valence-corrected chi connectivity index (χ1v) is 10.2. The minimum Gasteiger partial charge on any atom is -0.437 e. The number of oxazole rings is 1. The molecule has 2 aromatic rings. The molecule has 1 fully saturated rings. The lowest BCUT2D eigenvalue weighted by molar-refractivity contribution is -0.118. The van der Waals surface area contributed by atoms with Gasteiger partial charge in [0, 0.05) is 17.6 Å². The number of carbonyl (C=O) groups excluding carboxylic acids is 1. The molecule has 0 bridgehead atoms. The summed E-state index contributed by atoms with van der Waals surface area (Å²) >= 11 is 2.91. The van der Waals surface area contributed by atoms with Gasteiger partial charge in [0.1, 0.15) is 5.76 Å². The van der Waals surface area contributed by atoms with E-state index in [9.17, 15) is 4.79 Å². The van der Waals surface area contributed by atoms with E-state index in [0.717, 1.165) is 29.4 Å². The van der Waals surface area contributed by atoms with E-state index >= 15 is 0 Å². The Morgan fingerprint density at radius 2 is 2.12 bits per heavy atom. The third-order valence-electron chi connectivity index (χ3n) is 4.44. The van der Waals surface area contributed by atoms with E-state index in [1.54, 1.807) is 6.20 Å². The Labute approximate surface area is 150 Å². The minimum atomic E-state index is -0.256. The summed E-state index contributed by atoms with van der Waals surface area (Å²) in [6.45, 7) is 5.73. The molecule has 7 heteroatoms. The van der Waals surface area contributed by atoms with E-state index in [-0.39, 0.29) is 17.2 Å². The van der Waals surface area contributed by atoms with Gasteiger partial charge in [-0.2, -0.15) is 0 Å². The van der Waals surface area contributed by atoms with Crippen LogP contribution in [0.1, 0.15) is 50.5 Å². The van der Waals surface area contributed by atoms with Crippen molar-refractivity contribution >= 4 is 34.1 Å². The summed E-state index contributed by atoms with van der Waals surface area (Å²) in [4.78, 5) is 23.8. The maximum atomic E-state index is 13.1. The number of thiazole rings is 1. The molecule has 2 aromatic heterocycles. The zero-order valence-corrected chi connectivity index (χ0v) is 16.0. The van der Waals surface area contributed by atoms with Crippen molar-refractivity contribution in [1.82, 2.24) is 9.97 Å². The van der Waals surface area contributed by atoms with Crippen LogP contribution in [-0.2, 0) is 4.79 Å². The number of hydrogen-bond donors (Lipinski definition) is 0. The largest absolute Gasteiger partial charge is 0.437 e. The molecule has 0 radical (unpaired) electrons. The average Bonchev–Trinajstić information content (AvgIpc) is 3.19. The molecule has 0 aliphatic heterocycles. The Bertz CT molecular complexity index is 659. The molecule has 0 spiro atoms. The van der Waals surface area contributed by atoms with Gasteiger partial charge in [-0.15, -0.1) is 11.3 Å². The van der Waals surface area contributed by atoms with E-state index in [4.69, 9.17) is 4.42 Å². The molecule has 1 amide bonds. The Morgan fingerprint density at radius 1 is 1.38 bits per heavy atom. The Kier molecular flexibility index (Phi) is 5.61. The van der Waals surface area contributed by atoms with E-state index in [1.807, 2.05) is 31.1 Å². The zero-order valence-electron chi connectivity index (χ0n) is 14.3. The monoisotopic (exact) mass is 365 g/mol. The lowest BCUT2D eigenvalue weighted by Crippen LogP contribution is -2.45. The fourth-order valence-corrected chi connectivity index (χ4v) is 4.59. The number of aryl methyl sites for hydroxylation is 2. The minimum absolute atomic E-state index is 0.0929. The fourth-order valence-electron chi connectivity index (χ4n) is 3.00. The number of aromatic nitrogens is 2. The maximum absolute atomic E-state index is 13.1. The zero-order chi connectivity index (χ0) is 17.1. The molecule has 5 nitrogen and oxygen atoms in total.